The maximum atomic E-state index is 5.22. The molecule has 0 bridgehead atoms. The number of rotatable bonds is 5. The minimum absolute atomic E-state index is 0.947. The Bertz CT molecular complexity index is 336. The molecule has 0 aliphatic heterocycles. The minimum atomic E-state index is 0.947. The molecule has 1 aliphatic rings. The molecule has 2 rings (SSSR count). The number of hydrogen-bond acceptors (Lipinski definition) is 2. The summed E-state index contributed by atoms with van der Waals surface area (Å²) in [5, 5.41) is 3.48. The van der Waals surface area contributed by atoms with Gasteiger partial charge in [-0.15, -0.1) is 0 Å². The molecule has 1 aliphatic carbocycles. The van der Waals surface area contributed by atoms with Crippen LogP contribution in [0.1, 0.15) is 18.4 Å². The Hall–Kier alpha value is -0.290. The van der Waals surface area contributed by atoms with E-state index in [4.69, 9.17) is 4.74 Å². The van der Waals surface area contributed by atoms with Crippen LogP contribution in [0.4, 0.5) is 0 Å². The summed E-state index contributed by atoms with van der Waals surface area (Å²) in [6.45, 7) is 2.14. The molecule has 1 fully saturated rings. The van der Waals surface area contributed by atoms with Crippen molar-refractivity contribution in [1.82, 2.24) is 5.32 Å². The first-order valence-electron chi connectivity index (χ1n) is 5.32. The standard InChI is InChI=1S/C12H16INO/c1-15-12-5-4-10(6-11(12)13)8-14-7-9-2-3-9/h4-6,9,14H,2-3,7-8H2,1H3. The van der Waals surface area contributed by atoms with E-state index in [1.54, 1.807) is 7.11 Å². The quantitative estimate of drug-likeness (QED) is 0.843. The smallest absolute Gasteiger partial charge is 0.132 e. The largest absolute Gasteiger partial charge is 0.496 e. The minimum Gasteiger partial charge on any atom is -0.496 e. The molecule has 0 atom stereocenters. The lowest BCUT2D eigenvalue weighted by Gasteiger charge is -2.07. The number of ether oxygens (including phenoxy) is 1. The van der Waals surface area contributed by atoms with E-state index in [2.05, 4.69) is 40.0 Å². The molecule has 0 radical (unpaired) electrons. The highest BCUT2D eigenvalue weighted by molar-refractivity contribution is 14.1. The van der Waals surface area contributed by atoms with Crippen LogP contribution in [-0.2, 0) is 6.54 Å². The Labute approximate surface area is 105 Å². The summed E-state index contributed by atoms with van der Waals surface area (Å²) in [5.74, 6) is 1.91. The monoisotopic (exact) mass is 317 g/mol. The Morgan fingerprint density at radius 1 is 1.47 bits per heavy atom. The van der Waals surface area contributed by atoms with Gasteiger partial charge >= 0.3 is 0 Å². The first kappa shape index (κ1) is 11.2. The fraction of sp³-hybridized carbons (Fsp3) is 0.500. The molecule has 15 heavy (non-hydrogen) atoms. The van der Waals surface area contributed by atoms with Crippen LogP contribution < -0.4 is 10.1 Å². The summed E-state index contributed by atoms with van der Waals surface area (Å²) in [6, 6.07) is 6.34. The van der Waals surface area contributed by atoms with E-state index in [1.807, 2.05) is 6.07 Å². The van der Waals surface area contributed by atoms with E-state index in [-0.39, 0.29) is 0 Å². The molecular weight excluding hydrogens is 301 g/mol. The van der Waals surface area contributed by atoms with Gasteiger partial charge in [-0.2, -0.15) is 0 Å². The number of halogens is 1. The SMILES string of the molecule is COc1ccc(CNCC2CC2)cc1I. The normalized spacial score (nSPS) is 15.3. The van der Waals surface area contributed by atoms with Crippen LogP contribution >= 0.6 is 22.6 Å². The Morgan fingerprint density at radius 3 is 2.87 bits per heavy atom. The van der Waals surface area contributed by atoms with Gasteiger partial charge in [0.05, 0.1) is 10.7 Å². The molecule has 0 amide bonds. The van der Waals surface area contributed by atoms with Gasteiger partial charge in [-0.05, 0) is 65.6 Å². The van der Waals surface area contributed by atoms with Gasteiger partial charge in [0, 0.05) is 6.54 Å². The van der Waals surface area contributed by atoms with Crippen molar-refractivity contribution >= 4 is 22.6 Å². The molecule has 1 aromatic rings. The number of nitrogens with one attached hydrogen (secondary N) is 1. The maximum Gasteiger partial charge on any atom is 0.132 e. The van der Waals surface area contributed by atoms with Crippen LogP contribution in [0.15, 0.2) is 18.2 Å². The molecular formula is C12H16INO. The molecule has 0 heterocycles. The van der Waals surface area contributed by atoms with Gasteiger partial charge < -0.3 is 10.1 Å². The first-order valence-corrected chi connectivity index (χ1v) is 6.40. The van der Waals surface area contributed by atoms with Crippen molar-refractivity contribution < 1.29 is 4.74 Å². The Morgan fingerprint density at radius 2 is 2.27 bits per heavy atom. The summed E-state index contributed by atoms with van der Waals surface area (Å²) in [4.78, 5) is 0. The van der Waals surface area contributed by atoms with Crippen molar-refractivity contribution in [3.8, 4) is 5.75 Å². The third-order valence-corrected chi connectivity index (χ3v) is 3.52. The molecule has 82 valence electrons. The van der Waals surface area contributed by atoms with Crippen molar-refractivity contribution in [3.63, 3.8) is 0 Å². The molecule has 1 N–H and O–H groups in total. The van der Waals surface area contributed by atoms with Crippen LogP contribution in [0.5, 0.6) is 5.75 Å². The molecule has 3 heteroatoms. The highest BCUT2D eigenvalue weighted by Gasteiger charge is 2.20. The highest BCUT2D eigenvalue weighted by Crippen LogP contribution is 2.27. The van der Waals surface area contributed by atoms with Gasteiger partial charge in [-0.25, -0.2) is 0 Å². The number of benzene rings is 1. The Kier molecular flexibility index (Phi) is 3.86. The highest BCUT2D eigenvalue weighted by atomic mass is 127. The average Bonchev–Trinajstić information content (AvgIpc) is 3.02. The Balaban J connectivity index is 1.87. The molecule has 0 aromatic heterocycles. The van der Waals surface area contributed by atoms with E-state index in [0.29, 0.717) is 0 Å². The summed E-state index contributed by atoms with van der Waals surface area (Å²) in [5.41, 5.74) is 1.33. The lowest BCUT2D eigenvalue weighted by molar-refractivity contribution is 0.411. The molecule has 0 spiro atoms. The maximum absolute atomic E-state index is 5.22. The summed E-state index contributed by atoms with van der Waals surface area (Å²) < 4.78 is 6.41. The van der Waals surface area contributed by atoms with Crippen molar-refractivity contribution in [2.45, 2.75) is 19.4 Å². The van der Waals surface area contributed by atoms with E-state index in [0.717, 1.165) is 18.2 Å². The van der Waals surface area contributed by atoms with Crippen LogP contribution in [0.2, 0.25) is 0 Å². The molecule has 1 saturated carbocycles. The lowest BCUT2D eigenvalue weighted by atomic mass is 10.2. The zero-order chi connectivity index (χ0) is 10.7. The molecule has 0 saturated heterocycles. The van der Waals surface area contributed by atoms with Gasteiger partial charge in [0.25, 0.3) is 0 Å². The predicted molar refractivity (Wildman–Crippen MR) is 70.1 cm³/mol. The fourth-order valence-electron chi connectivity index (χ4n) is 1.56. The van der Waals surface area contributed by atoms with Crippen LogP contribution in [0.3, 0.4) is 0 Å². The predicted octanol–water partition coefficient (Wildman–Crippen LogP) is 2.80. The lowest BCUT2D eigenvalue weighted by Crippen LogP contribution is -2.16. The second-order valence-electron chi connectivity index (χ2n) is 4.04. The van der Waals surface area contributed by atoms with Crippen molar-refractivity contribution in [1.29, 1.82) is 0 Å². The first-order chi connectivity index (χ1) is 7.29. The fourth-order valence-corrected chi connectivity index (χ4v) is 2.36. The van der Waals surface area contributed by atoms with Crippen LogP contribution in [0, 0.1) is 9.49 Å². The third kappa shape index (κ3) is 3.34. The average molecular weight is 317 g/mol. The van der Waals surface area contributed by atoms with Gasteiger partial charge in [-0.3, -0.25) is 0 Å². The third-order valence-electron chi connectivity index (χ3n) is 2.68. The number of hydrogen-bond donors (Lipinski definition) is 1. The second kappa shape index (κ2) is 5.16. The topological polar surface area (TPSA) is 21.3 Å². The summed E-state index contributed by atoms with van der Waals surface area (Å²) in [6.07, 6.45) is 2.82. The van der Waals surface area contributed by atoms with E-state index in [9.17, 15) is 0 Å². The zero-order valence-corrected chi connectivity index (χ0v) is 11.1. The second-order valence-corrected chi connectivity index (χ2v) is 5.21. The van der Waals surface area contributed by atoms with E-state index < -0.39 is 0 Å². The van der Waals surface area contributed by atoms with E-state index in [1.165, 1.54) is 28.5 Å². The van der Waals surface area contributed by atoms with Gasteiger partial charge in [0.2, 0.25) is 0 Å². The summed E-state index contributed by atoms with van der Waals surface area (Å²) >= 11 is 2.31. The molecule has 2 nitrogen and oxygen atoms in total. The van der Waals surface area contributed by atoms with Gasteiger partial charge in [0.15, 0.2) is 0 Å². The van der Waals surface area contributed by atoms with Crippen LogP contribution in [0.25, 0.3) is 0 Å². The van der Waals surface area contributed by atoms with Crippen molar-refractivity contribution in [2.24, 2.45) is 5.92 Å². The van der Waals surface area contributed by atoms with Crippen molar-refractivity contribution in [3.05, 3.63) is 27.3 Å². The van der Waals surface area contributed by atoms with Crippen molar-refractivity contribution in [2.75, 3.05) is 13.7 Å². The van der Waals surface area contributed by atoms with Gasteiger partial charge in [0.1, 0.15) is 5.75 Å². The summed E-state index contributed by atoms with van der Waals surface area (Å²) in [7, 11) is 1.71. The van der Waals surface area contributed by atoms with Gasteiger partial charge in [-0.1, -0.05) is 6.07 Å². The van der Waals surface area contributed by atoms with E-state index >= 15 is 0 Å². The molecule has 0 unspecified atom stereocenters. The van der Waals surface area contributed by atoms with Crippen LogP contribution in [-0.4, -0.2) is 13.7 Å². The number of methoxy groups -OCH3 is 1. The zero-order valence-electron chi connectivity index (χ0n) is 8.92. The molecule has 1 aromatic carbocycles.